The lowest BCUT2D eigenvalue weighted by molar-refractivity contribution is 0.389. The van der Waals surface area contributed by atoms with Crippen molar-refractivity contribution in [2.75, 3.05) is 12.3 Å². The third kappa shape index (κ3) is 5.38. The third-order valence-corrected chi connectivity index (χ3v) is 5.98. The largest absolute Gasteiger partial charge is 0.313 e. The molecular formula is C13H29NO2S. The van der Waals surface area contributed by atoms with Crippen molar-refractivity contribution in [3.63, 3.8) is 0 Å². The summed E-state index contributed by atoms with van der Waals surface area (Å²) in [5, 5.41) is 3.37. The van der Waals surface area contributed by atoms with Crippen LogP contribution in [0, 0.1) is 5.92 Å². The molecule has 104 valence electrons. The summed E-state index contributed by atoms with van der Waals surface area (Å²) in [6.45, 7) is 12.5. The van der Waals surface area contributed by atoms with Crippen LogP contribution in [0.1, 0.15) is 54.4 Å². The van der Waals surface area contributed by atoms with E-state index >= 15 is 0 Å². The van der Waals surface area contributed by atoms with Gasteiger partial charge in [-0.1, -0.05) is 27.2 Å². The van der Waals surface area contributed by atoms with Crippen LogP contribution in [-0.2, 0) is 9.84 Å². The summed E-state index contributed by atoms with van der Waals surface area (Å²) in [6, 6.07) is 0.0733. The van der Waals surface area contributed by atoms with Crippen LogP contribution in [-0.4, -0.2) is 31.5 Å². The van der Waals surface area contributed by atoms with E-state index in [1.165, 1.54) is 0 Å². The van der Waals surface area contributed by atoms with E-state index in [1.54, 1.807) is 20.8 Å². The van der Waals surface area contributed by atoms with Gasteiger partial charge in [0.05, 0.1) is 10.5 Å². The van der Waals surface area contributed by atoms with Crippen LogP contribution < -0.4 is 5.32 Å². The Balaban J connectivity index is 4.75. The lowest BCUT2D eigenvalue weighted by Gasteiger charge is -2.28. The van der Waals surface area contributed by atoms with Crippen LogP contribution >= 0.6 is 0 Å². The van der Waals surface area contributed by atoms with E-state index in [0.29, 0.717) is 5.92 Å². The lowest BCUT2D eigenvalue weighted by Crippen LogP contribution is -2.45. The average Bonchev–Trinajstić information content (AvgIpc) is 2.21. The van der Waals surface area contributed by atoms with E-state index < -0.39 is 14.6 Å². The molecule has 0 radical (unpaired) electrons. The summed E-state index contributed by atoms with van der Waals surface area (Å²) in [5.41, 5.74) is 0. The Labute approximate surface area is 107 Å². The molecule has 0 heterocycles. The number of sulfone groups is 1. The topological polar surface area (TPSA) is 46.2 Å². The smallest absolute Gasteiger partial charge is 0.156 e. The molecule has 0 aliphatic rings. The highest BCUT2D eigenvalue weighted by Gasteiger charge is 2.32. The second-order valence-electron chi connectivity index (χ2n) is 5.84. The van der Waals surface area contributed by atoms with Gasteiger partial charge in [0.25, 0.3) is 0 Å². The fraction of sp³-hybridized carbons (Fsp3) is 1.00. The van der Waals surface area contributed by atoms with Crippen LogP contribution in [0.2, 0.25) is 0 Å². The molecule has 0 aromatic heterocycles. The van der Waals surface area contributed by atoms with E-state index in [-0.39, 0.29) is 11.8 Å². The maximum Gasteiger partial charge on any atom is 0.156 e. The number of hydrogen-bond acceptors (Lipinski definition) is 3. The van der Waals surface area contributed by atoms with Crippen LogP contribution in [0.4, 0.5) is 0 Å². The van der Waals surface area contributed by atoms with Crippen molar-refractivity contribution in [2.24, 2.45) is 5.92 Å². The molecule has 4 heteroatoms. The first-order chi connectivity index (χ1) is 7.65. The van der Waals surface area contributed by atoms with E-state index in [0.717, 1.165) is 19.4 Å². The molecule has 0 bridgehead atoms. The average molecular weight is 263 g/mol. The molecule has 2 unspecified atom stereocenters. The minimum atomic E-state index is -3.04. The molecule has 0 aliphatic carbocycles. The van der Waals surface area contributed by atoms with Gasteiger partial charge in [0.1, 0.15) is 0 Å². The van der Waals surface area contributed by atoms with E-state index in [1.807, 2.05) is 0 Å². The Kier molecular flexibility index (Phi) is 6.70. The van der Waals surface area contributed by atoms with Gasteiger partial charge in [-0.15, -0.1) is 0 Å². The molecule has 0 aromatic rings. The third-order valence-electron chi connectivity index (χ3n) is 3.32. The van der Waals surface area contributed by atoms with Gasteiger partial charge in [-0.05, 0) is 39.7 Å². The number of hydrogen-bond donors (Lipinski definition) is 1. The Morgan fingerprint density at radius 3 is 2.06 bits per heavy atom. The first kappa shape index (κ1) is 16.9. The van der Waals surface area contributed by atoms with Gasteiger partial charge in [0, 0.05) is 6.04 Å². The van der Waals surface area contributed by atoms with E-state index in [9.17, 15) is 8.42 Å². The highest BCUT2D eigenvalue weighted by molar-refractivity contribution is 7.92. The summed E-state index contributed by atoms with van der Waals surface area (Å²) < 4.78 is 23.8. The maximum absolute atomic E-state index is 12.2. The molecule has 0 saturated heterocycles. The van der Waals surface area contributed by atoms with Crippen molar-refractivity contribution < 1.29 is 8.42 Å². The van der Waals surface area contributed by atoms with Crippen molar-refractivity contribution in [3.8, 4) is 0 Å². The summed E-state index contributed by atoms with van der Waals surface area (Å²) >= 11 is 0. The molecule has 0 aliphatic heterocycles. The minimum absolute atomic E-state index is 0.0733. The first-order valence-electron chi connectivity index (χ1n) is 6.61. The zero-order valence-electron chi connectivity index (χ0n) is 12.2. The molecule has 3 nitrogen and oxygen atoms in total. The Bertz CT molecular complexity index is 304. The van der Waals surface area contributed by atoms with Gasteiger partial charge in [-0.3, -0.25) is 0 Å². The molecule has 0 aromatic carbocycles. The fourth-order valence-corrected chi connectivity index (χ4v) is 2.94. The number of nitrogens with one attached hydrogen (secondary N) is 1. The molecule has 0 fully saturated rings. The Morgan fingerprint density at radius 2 is 1.71 bits per heavy atom. The summed E-state index contributed by atoms with van der Waals surface area (Å²) in [7, 11) is -3.04. The van der Waals surface area contributed by atoms with Crippen LogP contribution in [0.5, 0.6) is 0 Å². The Hall–Kier alpha value is -0.0900. The zero-order valence-corrected chi connectivity index (χ0v) is 13.0. The second kappa shape index (κ2) is 6.74. The highest BCUT2D eigenvalue weighted by atomic mass is 32.2. The minimum Gasteiger partial charge on any atom is -0.313 e. The lowest BCUT2D eigenvalue weighted by atomic mass is 10.0. The van der Waals surface area contributed by atoms with Gasteiger partial charge in [-0.2, -0.15) is 0 Å². The predicted octanol–water partition coefficient (Wildman–Crippen LogP) is 2.61. The van der Waals surface area contributed by atoms with Gasteiger partial charge in [0.2, 0.25) is 0 Å². The molecule has 2 atom stereocenters. The number of rotatable bonds is 7. The van der Waals surface area contributed by atoms with Crippen LogP contribution in [0.25, 0.3) is 0 Å². The fourth-order valence-electron chi connectivity index (χ4n) is 1.53. The van der Waals surface area contributed by atoms with Crippen molar-refractivity contribution in [3.05, 3.63) is 0 Å². The molecule has 0 spiro atoms. The zero-order chi connectivity index (χ0) is 13.7. The van der Waals surface area contributed by atoms with Crippen molar-refractivity contribution in [1.82, 2.24) is 5.32 Å². The standard InChI is InChI=1S/C13H29NO2S/c1-7-9-14-12(11(3)8-2)10-17(15,16)13(4,5)6/h11-12,14H,7-10H2,1-6H3. The first-order valence-corrected chi connectivity index (χ1v) is 8.26. The van der Waals surface area contributed by atoms with Crippen LogP contribution in [0.15, 0.2) is 0 Å². The monoisotopic (exact) mass is 263 g/mol. The molecule has 17 heavy (non-hydrogen) atoms. The van der Waals surface area contributed by atoms with Crippen molar-refractivity contribution in [1.29, 1.82) is 0 Å². The quantitative estimate of drug-likeness (QED) is 0.768. The molecule has 1 N–H and O–H groups in total. The Morgan fingerprint density at radius 1 is 1.18 bits per heavy atom. The van der Waals surface area contributed by atoms with Gasteiger partial charge in [0.15, 0.2) is 9.84 Å². The predicted molar refractivity (Wildman–Crippen MR) is 75.1 cm³/mol. The van der Waals surface area contributed by atoms with E-state index in [2.05, 4.69) is 26.1 Å². The van der Waals surface area contributed by atoms with Gasteiger partial charge < -0.3 is 5.32 Å². The van der Waals surface area contributed by atoms with Crippen molar-refractivity contribution >= 4 is 9.84 Å². The van der Waals surface area contributed by atoms with Crippen LogP contribution in [0.3, 0.4) is 0 Å². The van der Waals surface area contributed by atoms with Gasteiger partial charge >= 0.3 is 0 Å². The summed E-state index contributed by atoms with van der Waals surface area (Å²) in [4.78, 5) is 0. The molecule has 0 saturated carbocycles. The SMILES string of the molecule is CCCNC(CS(=O)(=O)C(C)(C)C)C(C)CC. The molecular weight excluding hydrogens is 234 g/mol. The summed E-state index contributed by atoms with van der Waals surface area (Å²) in [5.74, 6) is 0.629. The normalized spacial score (nSPS) is 16.8. The molecule has 0 rings (SSSR count). The van der Waals surface area contributed by atoms with Gasteiger partial charge in [-0.25, -0.2) is 8.42 Å². The summed E-state index contributed by atoms with van der Waals surface area (Å²) in [6.07, 6.45) is 2.03. The maximum atomic E-state index is 12.2. The van der Waals surface area contributed by atoms with Crippen molar-refractivity contribution in [2.45, 2.75) is 65.2 Å². The molecule has 0 amide bonds. The van der Waals surface area contributed by atoms with E-state index in [4.69, 9.17) is 0 Å². The second-order valence-corrected chi connectivity index (χ2v) is 8.63. The highest BCUT2D eigenvalue weighted by Crippen LogP contribution is 2.20.